The van der Waals surface area contributed by atoms with E-state index in [-0.39, 0.29) is 0 Å². The molecule has 4 heteroatoms. The Morgan fingerprint density at radius 3 is 2.26 bits per heavy atom. The van der Waals surface area contributed by atoms with Crippen LogP contribution in [0.4, 0.5) is 0 Å². The number of benzene rings is 2. The topological polar surface area (TPSA) is 38.7 Å². The Morgan fingerprint density at radius 2 is 1.68 bits per heavy atom. The van der Waals surface area contributed by atoms with E-state index in [9.17, 15) is 5.11 Å². The summed E-state index contributed by atoms with van der Waals surface area (Å²) >= 11 is 5.91. The summed E-state index contributed by atoms with van der Waals surface area (Å²) in [6, 6.07) is 12.4. The Morgan fingerprint density at radius 1 is 1.00 bits per heavy atom. The number of ether oxygens (including phenoxy) is 2. The number of hydrogen-bond donors (Lipinski definition) is 1. The molecule has 1 N–H and O–H groups in total. The van der Waals surface area contributed by atoms with E-state index in [1.165, 1.54) is 0 Å². The van der Waals surface area contributed by atoms with Crippen molar-refractivity contribution in [2.75, 3.05) is 14.2 Å². The molecule has 19 heavy (non-hydrogen) atoms. The standard InChI is InChI=1S/C15H15ClO3/c1-18-12-6-3-10(4-7-12)15(17)13-8-5-11(16)9-14(13)19-2/h3-9,15,17H,1-2H3. The van der Waals surface area contributed by atoms with Crippen molar-refractivity contribution in [3.63, 3.8) is 0 Å². The molecule has 0 aliphatic heterocycles. The zero-order valence-electron chi connectivity index (χ0n) is 10.8. The van der Waals surface area contributed by atoms with Crippen LogP contribution in [0.25, 0.3) is 0 Å². The smallest absolute Gasteiger partial charge is 0.126 e. The van der Waals surface area contributed by atoms with Gasteiger partial charge in [-0.1, -0.05) is 29.8 Å². The van der Waals surface area contributed by atoms with Gasteiger partial charge in [-0.15, -0.1) is 0 Å². The number of aliphatic hydroxyl groups is 1. The molecule has 1 atom stereocenters. The van der Waals surface area contributed by atoms with Gasteiger partial charge in [-0.25, -0.2) is 0 Å². The molecule has 3 nitrogen and oxygen atoms in total. The Kier molecular flexibility index (Phi) is 4.30. The van der Waals surface area contributed by atoms with Crippen LogP contribution in [0, 0.1) is 0 Å². The zero-order chi connectivity index (χ0) is 13.8. The molecule has 0 amide bonds. The highest BCUT2D eigenvalue weighted by atomic mass is 35.5. The minimum absolute atomic E-state index is 0.566. The van der Waals surface area contributed by atoms with Crippen molar-refractivity contribution >= 4 is 11.6 Å². The average Bonchev–Trinajstić information content (AvgIpc) is 2.46. The van der Waals surface area contributed by atoms with Gasteiger partial charge < -0.3 is 14.6 Å². The fraction of sp³-hybridized carbons (Fsp3) is 0.200. The Labute approximate surface area is 117 Å². The van der Waals surface area contributed by atoms with Crippen LogP contribution in [-0.2, 0) is 0 Å². The van der Waals surface area contributed by atoms with E-state index in [0.29, 0.717) is 16.3 Å². The Balaban J connectivity index is 2.34. The molecule has 2 rings (SSSR count). The molecule has 100 valence electrons. The van der Waals surface area contributed by atoms with Crippen molar-refractivity contribution in [1.29, 1.82) is 0 Å². The predicted octanol–water partition coefficient (Wildman–Crippen LogP) is 3.44. The van der Waals surface area contributed by atoms with E-state index >= 15 is 0 Å². The molecular weight excluding hydrogens is 264 g/mol. The first-order valence-corrected chi connectivity index (χ1v) is 6.19. The SMILES string of the molecule is COc1ccc(C(O)c2ccc(Cl)cc2OC)cc1. The number of halogens is 1. The average molecular weight is 279 g/mol. The first-order valence-electron chi connectivity index (χ1n) is 5.81. The van der Waals surface area contributed by atoms with Crippen molar-refractivity contribution in [3.05, 3.63) is 58.6 Å². The van der Waals surface area contributed by atoms with Gasteiger partial charge in [0.15, 0.2) is 0 Å². The molecule has 0 fully saturated rings. The molecule has 2 aromatic carbocycles. The lowest BCUT2D eigenvalue weighted by atomic mass is 10.0. The van der Waals surface area contributed by atoms with Crippen LogP contribution < -0.4 is 9.47 Å². The lowest BCUT2D eigenvalue weighted by Crippen LogP contribution is -2.02. The summed E-state index contributed by atoms with van der Waals surface area (Å²) in [5, 5.41) is 11.0. The van der Waals surface area contributed by atoms with Gasteiger partial charge in [-0.05, 0) is 29.8 Å². The molecule has 1 unspecified atom stereocenters. The quantitative estimate of drug-likeness (QED) is 0.931. The van der Waals surface area contributed by atoms with Gasteiger partial charge in [0.25, 0.3) is 0 Å². The van der Waals surface area contributed by atoms with Crippen LogP contribution in [0.15, 0.2) is 42.5 Å². The maximum atomic E-state index is 10.4. The number of methoxy groups -OCH3 is 2. The maximum absolute atomic E-state index is 10.4. The molecule has 0 radical (unpaired) electrons. The highest BCUT2D eigenvalue weighted by Crippen LogP contribution is 2.32. The second-order valence-corrected chi connectivity index (χ2v) is 4.50. The summed E-state index contributed by atoms with van der Waals surface area (Å²) in [4.78, 5) is 0. The number of hydrogen-bond acceptors (Lipinski definition) is 3. The van der Waals surface area contributed by atoms with Crippen molar-refractivity contribution in [2.45, 2.75) is 6.10 Å². The maximum Gasteiger partial charge on any atom is 0.126 e. The molecule has 0 aliphatic rings. The highest BCUT2D eigenvalue weighted by molar-refractivity contribution is 6.30. The van der Waals surface area contributed by atoms with Gasteiger partial charge in [-0.2, -0.15) is 0 Å². The van der Waals surface area contributed by atoms with Gasteiger partial charge in [0.2, 0.25) is 0 Å². The minimum atomic E-state index is -0.766. The molecule has 0 spiro atoms. The number of rotatable bonds is 4. The Bertz CT molecular complexity index is 552. The summed E-state index contributed by atoms with van der Waals surface area (Å²) in [6.07, 6.45) is -0.766. The van der Waals surface area contributed by atoms with E-state index in [0.717, 1.165) is 11.3 Å². The predicted molar refractivity (Wildman–Crippen MR) is 75.1 cm³/mol. The minimum Gasteiger partial charge on any atom is -0.497 e. The fourth-order valence-corrected chi connectivity index (χ4v) is 2.04. The summed E-state index contributed by atoms with van der Waals surface area (Å²) in [5.74, 6) is 1.31. The van der Waals surface area contributed by atoms with Gasteiger partial charge in [0.05, 0.1) is 14.2 Å². The van der Waals surface area contributed by atoms with Crippen molar-refractivity contribution in [3.8, 4) is 11.5 Å². The van der Waals surface area contributed by atoms with E-state index in [2.05, 4.69) is 0 Å². The summed E-state index contributed by atoms with van der Waals surface area (Å²) in [7, 11) is 3.16. The Hall–Kier alpha value is -1.71. The molecule has 0 aliphatic carbocycles. The first-order chi connectivity index (χ1) is 9.15. The lowest BCUT2D eigenvalue weighted by Gasteiger charge is -2.15. The molecule has 2 aromatic rings. The molecular formula is C15H15ClO3. The summed E-state index contributed by atoms with van der Waals surface area (Å²) in [5.41, 5.74) is 1.44. The lowest BCUT2D eigenvalue weighted by molar-refractivity contribution is 0.214. The monoisotopic (exact) mass is 278 g/mol. The zero-order valence-corrected chi connectivity index (χ0v) is 11.5. The third-order valence-electron chi connectivity index (χ3n) is 2.92. The van der Waals surface area contributed by atoms with E-state index in [1.54, 1.807) is 44.6 Å². The molecule has 0 heterocycles. The summed E-state index contributed by atoms with van der Waals surface area (Å²) in [6.45, 7) is 0. The van der Waals surface area contributed by atoms with Gasteiger partial charge in [0.1, 0.15) is 17.6 Å². The van der Waals surface area contributed by atoms with E-state index < -0.39 is 6.10 Å². The van der Waals surface area contributed by atoms with Crippen molar-refractivity contribution < 1.29 is 14.6 Å². The molecule has 0 saturated carbocycles. The molecule has 0 saturated heterocycles. The third kappa shape index (κ3) is 3.00. The normalized spacial score (nSPS) is 12.0. The van der Waals surface area contributed by atoms with Crippen LogP contribution in [-0.4, -0.2) is 19.3 Å². The van der Waals surface area contributed by atoms with Crippen LogP contribution in [0.5, 0.6) is 11.5 Å². The van der Waals surface area contributed by atoms with E-state index in [1.807, 2.05) is 12.1 Å². The second kappa shape index (κ2) is 5.95. The molecule has 0 aromatic heterocycles. The highest BCUT2D eigenvalue weighted by Gasteiger charge is 2.15. The molecule has 0 bridgehead atoms. The van der Waals surface area contributed by atoms with Gasteiger partial charge >= 0.3 is 0 Å². The van der Waals surface area contributed by atoms with Crippen LogP contribution >= 0.6 is 11.6 Å². The van der Waals surface area contributed by atoms with E-state index in [4.69, 9.17) is 21.1 Å². The first kappa shape index (κ1) is 13.7. The summed E-state index contributed by atoms with van der Waals surface area (Å²) < 4.78 is 10.3. The van der Waals surface area contributed by atoms with Crippen molar-refractivity contribution in [2.24, 2.45) is 0 Å². The third-order valence-corrected chi connectivity index (χ3v) is 3.16. The van der Waals surface area contributed by atoms with Gasteiger partial charge in [0, 0.05) is 10.6 Å². The largest absolute Gasteiger partial charge is 0.497 e. The second-order valence-electron chi connectivity index (χ2n) is 4.06. The fourth-order valence-electron chi connectivity index (χ4n) is 1.88. The van der Waals surface area contributed by atoms with Crippen LogP contribution in [0.1, 0.15) is 17.2 Å². The van der Waals surface area contributed by atoms with Crippen LogP contribution in [0.2, 0.25) is 5.02 Å². The van der Waals surface area contributed by atoms with Crippen molar-refractivity contribution in [1.82, 2.24) is 0 Å². The van der Waals surface area contributed by atoms with Crippen LogP contribution in [0.3, 0.4) is 0 Å². The number of aliphatic hydroxyl groups excluding tert-OH is 1. The van der Waals surface area contributed by atoms with Gasteiger partial charge in [-0.3, -0.25) is 0 Å².